The van der Waals surface area contributed by atoms with Crippen molar-refractivity contribution in [3.63, 3.8) is 0 Å². The molecule has 0 saturated carbocycles. The van der Waals surface area contributed by atoms with Crippen LogP contribution < -0.4 is 0 Å². The molecule has 0 amide bonds. The average molecular weight is 236 g/mol. The fourth-order valence-corrected chi connectivity index (χ4v) is 2.60. The standard InChI is InChI=1S/C15H24.2CH4/c1-4-11-15(3,12-5-2)13-14-9-7-6-8-10-14;;/h6-10H,4-5,11-13H2,1-3H3;2*1H4. The van der Waals surface area contributed by atoms with E-state index in [2.05, 4.69) is 51.1 Å². The summed E-state index contributed by atoms with van der Waals surface area (Å²) in [6.07, 6.45) is 6.51. The summed E-state index contributed by atoms with van der Waals surface area (Å²) in [5.74, 6) is 0. The first-order valence-electron chi connectivity index (χ1n) is 6.24. The van der Waals surface area contributed by atoms with Crippen molar-refractivity contribution < 1.29 is 0 Å². The first-order chi connectivity index (χ1) is 7.20. The Morgan fingerprint density at radius 2 is 1.35 bits per heavy atom. The monoisotopic (exact) mass is 236 g/mol. The van der Waals surface area contributed by atoms with Gasteiger partial charge in [0.05, 0.1) is 0 Å². The highest BCUT2D eigenvalue weighted by Crippen LogP contribution is 2.33. The summed E-state index contributed by atoms with van der Waals surface area (Å²) < 4.78 is 0. The molecule has 0 radical (unpaired) electrons. The van der Waals surface area contributed by atoms with E-state index in [4.69, 9.17) is 0 Å². The summed E-state index contributed by atoms with van der Waals surface area (Å²) in [5.41, 5.74) is 1.99. The van der Waals surface area contributed by atoms with Gasteiger partial charge in [0.1, 0.15) is 0 Å². The van der Waals surface area contributed by atoms with Crippen LogP contribution in [0.4, 0.5) is 0 Å². The van der Waals surface area contributed by atoms with E-state index in [9.17, 15) is 0 Å². The van der Waals surface area contributed by atoms with E-state index in [0.717, 1.165) is 0 Å². The van der Waals surface area contributed by atoms with Gasteiger partial charge < -0.3 is 0 Å². The van der Waals surface area contributed by atoms with Gasteiger partial charge in [0, 0.05) is 0 Å². The van der Waals surface area contributed by atoms with Crippen molar-refractivity contribution >= 4 is 0 Å². The Labute approximate surface area is 109 Å². The van der Waals surface area contributed by atoms with Gasteiger partial charge in [0.25, 0.3) is 0 Å². The summed E-state index contributed by atoms with van der Waals surface area (Å²) in [6, 6.07) is 10.9. The quantitative estimate of drug-likeness (QED) is 0.559. The lowest BCUT2D eigenvalue weighted by Gasteiger charge is -2.29. The molecule has 0 bridgehead atoms. The van der Waals surface area contributed by atoms with E-state index in [-0.39, 0.29) is 14.9 Å². The number of hydrogen-bond acceptors (Lipinski definition) is 0. The molecule has 0 aliphatic heterocycles. The highest BCUT2D eigenvalue weighted by atomic mass is 14.3. The van der Waals surface area contributed by atoms with Crippen molar-refractivity contribution in [1.29, 1.82) is 0 Å². The number of rotatable bonds is 6. The highest BCUT2D eigenvalue weighted by molar-refractivity contribution is 5.16. The van der Waals surface area contributed by atoms with Crippen LogP contribution in [0.3, 0.4) is 0 Å². The maximum atomic E-state index is 2.44. The molecule has 0 heteroatoms. The highest BCUT2D eigenvalue weighted by Gasteiger charge is 2.22. The Balaban J connectivity index is 0. The van der Waals surface area contributed by atoms with Crippen LogP contribution in [0.25, 0.3) is 0 Å². The van der Waals surface area contributed by atoms with Crippen LogP contribution >= 0.6 is 0 Å². The SMILES string of the molecule is C.C.CCCC(C)(CCC)Cc1ccccc1. The molecule has 0 saturated heterocycles. The van der Waals surface area contributed by atoms with Gasteiger partial charge >= 0.3 is 0 Å². The van der Waals surface area contributed by atoms with E-state index in [1.807, 2.05) is 0 Å². The Bertz CT molecular complexity index is 255. The molecule has 100 valence electrons. The lowest BCUT2D eigenvalue weighted by molar-refractivity contribution is 0.264. The van der Waals surface area contributed by atoms with Crippen molar-refractivity contribution in [2.24, 2.45) is 5.41 Å². The zero-order valence-corrected chi connectivity index (χ0v) is 10.4. The third-order valence-corrected chi connectivity index (χ3v) is 3.18. The summed E-state index contributed by atoms with van der Waals surface area (Å²) in [5, 5.41) is 0. The van der Waals surface area contributed by atoms with Crippen LogP contribution in [0.1, 0.15) is 66.9 Å². The predicted octanol–water partition coefficient (Wildman–Crippen LogP) is 6.11. The van der Waals surface area contributed by atoms with Gasteiger partial charge in [0.2, 0.25) is 0 Å². The summed E-state index contributed by atoms with van der Waals surface area (Å²) in [7, 11) is 0. The normalized spacial score (nSPS) is 10.3. The molecule has 0 aliphatic carbocycles. The Morgan fingerprint density at radius 1 is 0.882 bits per heavy atom. The maximum Gasteiger partial charge on any atom is -0.0225 e. The summed E-state index contributed by atoms with van der Waals surface area (Å²) >= 11 is 0. The van der Waals surface area contributed by atoms with Gasteiger partial charge in [0.15, 0.2) is 0 Å². The molecule has 0 unspecified atom stereocenters. The second-order valence-electron chi connectivity index (χ2n) is 4.97. The van der Waals surface area contributed by atoms with Crippen LogP contribution in [-0.4, -0.2) is 0 Å². The minimum Gasteiger partial charge on any atom is -0.0776 e. The largest absolute Gasteiger partial charge is 0.0776 e. The van der Waals surface area contributed by atoms with E-state index < -0.39 is 0 Å². The molecule has 0 aliphatic rings. The van der Waals surface area contributed by atoms with Crippen LogP contribution in [-0.2, 0) is 6.42 Å². The molecule has 0 N–H and O–H groups in total. The van der Waals surface area contributed by atoms with Gasteiger partial charge in [-0.15, -0.1) is 0 Å². The van der Waals surface area contributed by atoms with Crippen LogP contribution in [0, 0.1) is 5.41 Å². The van der Waals surface area contributed by atoms with Crippen molar-refractivity contribution in [1.82, 2.24) is 0 Å². The molecule has 0 heterocycles. The zero-order chi connectivity index (χ0) is 11.1. The molecular formula is C17H32. The molecule has 0 spiro atoms. The minimum absolute atomic E-state index is 0. The average Bonchev–Trinajstić information content (AvgIpc) is 2.19. The van der Waals surface area contributed by atoms with E-state index in [1.165, 1.54) is 37.7 Å². The molecular weight excluding hydrogens is 204 g/mol. The van der Waals surface area contributed by atoms with Gasteiger partial charge in [-0.2, -0.15) is 0 Å². The van der Waals surface area contributed by atoms with Crippen LogP contribution in [0.2, 0.25) is 0 Å². The molecule has 0 nitrogen and oxygen atoms in total. The first-order valence-corrected chi connectivity index (χ1v) is 6.24. The van der Waals surface area contributed by atoms with Crippen LogP contribution in [0.5, 0.6) is 0 Å². The minimum atomic E-state index is 0. The Kier molecular flexibility index (Phi) is 10.1. The fraction of sp³-hybridized carbons (Fsp3) is 0.647. The van der Waals surface area contributed by atoms with E-state index in [0.29, 0.717) is 5.41 Å². The van der Waals surface area contributed by atoms with Crippen molar-refractivity contribution in [3.05, 3.63) is 35.9 Å². The molecule has 0 fully saturated rings. The Morgan fingerprint density at radius 3 is 1.76 bits per heavy atom. The lowest BCUT2D eigenvalue weighted by atomic mass is 9.76. The Hall–Kier alpha value is -0.780. The molecule has 0 atom stereocenters. The first kappa shape index (κ1) is 18.6. The third-order valence-electron chi connectivity index (χ3n) is 3.18. The van der Waals surface area contributed by atoms with Gasteiger partial charge in [-0.3, -0.25) is 0 Å². The van der Waals surface area contributed by atoms with E-state index in [1.54, 1.807) is 0 Å². The van der Waals surface area contributed by atoms with Crippen molar-refractivity contribution in [2.45, 2.75) is 67.7 Å². The van der Waals surface area contributed by atoms with Gasteiger partial charge in [-0.1, -0.05) is 78.8 Å². The maximum absolute atomic E-state index is 2.44. The molecule has 0 aromatic heterocycles. The zero-order valence-electron chi connectivity index (χ0n) is 10.4. The summed E-state index contributed by atoms with van der Waals surface area (Å²) in [4.78, 5) is 0. The van der Waals surface area contributed by atoms with Crippen LogP contribution in [0.15, 0.2) is 30.3 Å². The fourth-order valence-electron chi connectivity index (χ4n) is 2.60. The predicted molar refractivity (Wildman–Crippen MR) is 81.5 cm³/mol. The van der Waals surface area contributed by atoms with Crippen molar-refractivity contribution in [2.75, 3.05) is 0 Å². The number of hydrogen-bond donors (Lipinski definition) is 0. The number of benzene rings is 1. The molecule has 17 heavy (non-hydrogen) atoms. The second-order valence-corrected chi connectivity index (χ2v) is 4.97. The smallest absolute Gasteiger partial charge is 0.0225 e. The molecule has 1 rings (SSSR count). The molecule has 1 aromatic rings. The topological polar surface area (TPSA) is 0 Å². The summed E-state index contributed by atoms with van der Waals surface area (Å²) in [6.45, 7) is 7.02. The van der Waals surface area contributed by atoms with E-state index >= 15 is 0 Å². The third kappa shape index (κ3) is 6.51. The lowest BCUT2D eigenvalue weighted by Crippen LogP contribution is -2.19. The van der Waals surface area contributed by atoms with Crippen molar-refractivity contribution in [3.8, 4) is 0 Å². The van der Waals surface area contributed by atoms with Gasteiger partial charge in [-0.25, -0.2) is 0 Å². The second kappa shape index (κ2) is 9.27. The van der Waals surface area contributed by atoms with Gasteiger partial charge in [-0.05, 0) is 30.2 Å². The molecule has 1 aromatic carbocycles.